The van der Waals surface area contributed by atoms with Crippen molar-refractivity contribution in [2.24, 2.45) is 0 Å². The maximum Gasteiger partial charge on any atom is 0.217 e. The first-order valence-corrected chi connectivity index (χ1v) is 7.30. The molecule has 2 rings (SSSR count). The molecule has 0 aliphatic heterocycles. The number of nitrogens with one attached hydrogen (secondary N) is 2. The molecule has 0 saturated carbocycles. The van der Waals surface area contributed by atoms with Crippen molar-refractivity contribution < 1.29 is 4.39 Å². The van der Waals surface area contributed by atoms with E-state index in [2.05, 4.69) is 15.6 Å². The van der Waals surface area contributed by atoms with Crippen LogP contribution in [-0.2, 0) is 6.54 Å². The Bertz CT molecular complexity index is 682. The Labute approximate surface area is 141 Å². The molecule has 0 fully saturated rings. The predicted octanol–water partition coefficient (Wildman–Crippen LogP) is 4.67. The van der Waals surface area contributed by atoms with Gasteiger partial charge in [0.15, 0.2) is 5.11 Å². The monoisotopic (exact) mass is 363 g/mol. The molecule has 0 aliphatic carbocycles. The van der Waals surface area contributed by atoms with Crippen LogP contribution in [0, 0.1) is 5.95 Å². The Morgan fingerprint density at radius 2 is 2.05 bits per heavy atom. The maximum atomic E-state index is 13.4. The van der Waals surface area contributed by atoms with Gasteiger partial charge in [-0.1, -0.05) is 40.9 Å². The van der Waals surface area contributed by atoms with Crippen LogP contribution in [0.25, 0.3) is 0 Å². The molecule has 0 aliphatic rings. The first-order chi connectivity index (χ1) is 9.97. The molecule has 0 bridgehead atoms. The van der Waals surface area contributed by atoms with Crippen LogP contribution in [0.15, 0.2) is 30.5 Å². The van der Waals surface area contributed by atoms with Gasteiger partial charge in [-0.05, 0) is 30.4 Å². The second kappa shape index (κ2) is 7.22. The van der Waals surface area contributed by atoms with E-state index in [4.69, 9.17) is 47.0 Å². The van der Waals surface area contributed by atoms with Crippen molar-refractivity contribution in [1.82, 2.24) is 10.3 Å². The summed E-state index contributed by atoms with van der Waals surface area (Å²) in [4.78, 5) is 3.55. The Morgan fingerprint density at radius 3 is 2.76 bits per heavy atom. The molecule has 0 spiro atoms. The summed E-state index contributed by atoms with van der Waals surface area (Å²) in [6.45, 7) is 0.192. The highest BCUT2D eigenvalue weighted by Gasteiger charge is 2.09. The molecule has 0 radical (unpaired) electrons. The Hall–Kier alpha value is -1.14. The van der Waals surface area contributed by atoms with Crippen LogP contribution in [0.1, 0.15) is 5.56 Å². The fourth-order valence-electron chi connectivity index (χ4n) is 1.54. The first-order valence-electron chi connectivity index (χ1n) is 5.76. The standard InChI is InChI=1S/C13H9Cl3FN3S/c14-8-4-9(15)11(16)10(5-8)20-13(21)19-6-7-2-1-3-18-12(7)17/h1-5H,6H2,(H2,19,20,21). The van der Waals surface area contributed by atoms with Crippen LogP contribution in [0.2, 0.25) is 15.1 Å². The maximum absolute atomic E-state index is 13.4. The first kappa shape index (κ1) is 16.2. The van der Waals surface area contributed by atoms with Crippen molar-refractivity contribution >= 4 is 57.8 Å². The van der Waals surface area contributed by atoms with Gasteiger partial charge in [-0.15, -0.1) is 0 Å². The highest BCUT2D eigenvalue weighted by atomic mass is 35.5. The number of benzene rings is 1. The van der Waals surface area contributed by atoms with Crippen molar-refractivity contribution in [1.29, 1.82) is 0 Å². The summed E-state index contributed by atoms with van der Waals surface area (Å²) < 4.78 is 13.4. The molecule has 0 amide bonds. The fraction of sp³-hybridized carbons (Fsp3) is 0.0769. The average Bonchev–Trinajstić information content (AvgIpc) is 2.43. The Morgan fingerprint density at radius 1 is 1.29 bits per heavy atom. The van der Waals surface area contributed by atoms with E-state index in [-0.39, 0.29) is 11.7 Å². The molecule has 2 N–H and O–H groups in total. The minimum Gasteiger partial charge on any atom is -0.358 e. The number of aromatic nitrogens is 1. The third-order valence-electron chi connectivity index (χ3n) is 2.52. The Kier molecular flexibility index (Phi) is 5.58. The topological polar surface area (TPSA) is 37.0 Å². The number of hydrogen-bond donors (Lipinski definition) is 2. The zero-order valence-electron chi connectivity index (χ0n) is 10.5. The van der Waals surface area contributed by atoms with Crippen LogP contribution < -0.4 is 10.6 Å². The van der Waals surface area contributed by atoms with E-state index < -0.39 is 5.95 Å². The van der Waals surface area contributed by atoms with Crippen molar-refractivity contribution in [2.75, 3.05) is 5.32 Å². The van der Waals surface area contributed by atoms with E-state index in [1.54, 1.807) is 18.2 Å². The van der Waals surface area contributed by atoms with E-state index in [1.165, 1.54) is 12.3 Å². The quantitative estimate of drug-likeness (QED) is 0.471. The number of anilines is 1. The number of hydrogen-bond acceptors (Lipinski definition) is 2. The Balaban J connectivity index is 2.01. The molecule has 21 heavy (non-hydrogen) atoms. The number of pyridine rings is 1. The molecule has 0 saturated heterocycles. The van der Waals surface area contributed by atoms with E-state index in [1.807, 2.05) is 0 Å². The summed E-state index contributed by atoms with van der Waals surface area (Å²) in [6.07, 6.45) is 1.38. The fourth-order valence-corrected chi connectivity index (χ4v) is 2.37. The minimum atomic E-state index is -0.545. The summed E-state index contributed by atoms with van der Waals surface area (Å²) in [6, 6.07) is 6.37. The summed E-state index contributed by atoms with van der Waals surface area (Å²) in [5.74, 6) is -0.545. The molecule has 1 aromatic carbocycles. The average molecular weight is 365 g/mol. The van der Waals surface area contributed by atoms with Gasteiger partial charge in [-0.2, -0.15) is 4.39 Å². The van der Waals surface area contributed by atoms with Gasteiger partial charge in [-0.25, -0.2) is 4.98 Å². The molecule has 1 heterocycles. The molecular formula is C13H9Cl3FN3S. The van der Waals surface area contributed by atoms with Gasteiger partial charge in [0.25, 0.3) is 0 Å². The lowest BCUT2D eigenvalue weighted by atomic mass is 10.3. The second-order valence-electron chi connectivity index (χ2n) is 4.01. The number of thiocarbonyl (C=S) groups is 1. The summed E-state index contributed by atoms with van der Waals surface area (Å²) in [5.41, 5.74) is 0.871. The predicted molar refractivity (Wildman–Crippen MR) is 88.7 cm³/mol. The van der Waals surface area contributed by atoms with E-state index in [9.17, 15) is 4.39 Å². The van der Waals surface area contributed by atoms with Crippen LogP contribution >= 0.6 is 47.0 Å². The van der Waals surface area contributed by atoms with Crippen LogP contribution in [0.5, 0.6) is 0 Å². The van der Waals surface area contributed by atoms with Crippen molar-refractivity contribution in [3.8, 4) is 0 Å². The lowest BCUT2D eigenvalue weighted by molar-refractivity contribution is 0.563. The molecule has 1 aromatic heterocycles. The van der Waals surface area contributed by atoms with E-state index in [0.717, 1.165) is 0 Å². The molecule has 2 aromatic rings. The van der Waals surface area contributed by atoms with Gasteiger partial charge in [0.1, 0.15) is 0 Å². The molecule has 3 nitrogen and oxygen atoms in total. The van der Waals surface area contributed by atoms with Gasteiger partial charge in [0.05, 0.1) is 15.7 Å². The van der Waals surface area contributed by atoms with E-state index in [0.29, 0.717) is 26.3 Å². The summed E-state index contributed by atoms with van der Waals surface area (Å²) in [7, 11) is 0. The molecular weight excluding hydrogens is 356 g/mol. The minimum absolute atomic E-state index is 0.192. The number of halogens is 4. The van der Waals surface area contributed by atoms with Gasteiger partial charge >= 0.3 is 0 Å². The van der Waals surface area contributed by atoms with Gasteiger partial charge in [0, 0.05) is 23.3 Å². The summed E-state index contributed by atoms with van der Waals surface area (Å²) in [5, 5.41) is 7.01. The van der Waals surface area contributed by atoms with Crippen molar-refractivity contribution in [3.63, 3.8) is 0 Å². The summed E-state index contributed by atoms with van der Waals surface area (Å²) >= 11 is 23.0. The van der Waals surface area contributed by atoms with Crippen LogP contribution in [0.3, 0.4) is 0 Å². The molecule has 0 atom stereocenters. The van der Waals surface area contributed by atoms with Gasteiger partial charge in [0.2, 0.25) is 5.95 Å². The third-order valence-corrected chi connectivity index (χ3v) is 3.78. The highest BCUT2D eigenvalue weighted by molar-refractivity contribution is 7.80. The van der Waals surface area contributed by atoms with Crippen molar-refractivity contribution in [3.05, 3.63) is 57.0 Å². The van der Waals surface area contributed by atoms with E-state index >= 15 is 0 Å². The normalized spacial score (nSPS) is 10.3. The largest absolute Gasteiger partial charge is 0.358 e. The number of nitrogens with zero attached hydrogens (tertiary/aromatic N) is 1. The zero-order chi connectivity index (χ0) is 15.4. The van der Waals surface area contributed by atoms with Crippen molar-refractivity contribution in [2.45, 2.75) is 6.54 Å². The smallest absolute Gasteiger partial charge is 0.217 e. The SMILES string of the molecule is Fc1ncccc1CNC(=S)Nc1cc(Cl)cc(Cl)c1Cl. The molecule has 110 valence electrons. The molecule has 0 unspecified atom stereocenters. The lowest BCUT2D eigenvalue weighted by Gasteiger charge is -2.13. The zero-order valence-corrected chi connectivity index (χ0v) is 13.5. The molecule has 8 heteroatoms. The third kappa shape index (κ3) is 4.41. The second-order valence-corrected chi connectivity index (χ2v) is 5.64. The van der Waals surface area contributed by atoms with Gasteiger partial charge < -0.3 is 10.6 Å². The van der Waals surface area contributed by atoms with Crippen LogP contribution in [-0.4, -0.2) is 10.1 Å². The lowest BCUT2D eigenvalue weighted by Crippen LogP contribution is -2.28. The number of rotatable bonds is 3. The van der Waals surface area contributed by atoms with Crippen LogP contribution in [0.4, 0.5) is 10.1 Å². The highest BCUT2D eigenvalue weighted by Crippen LogP contribution is 2.33. The van der Waals surface area contributed by atoms with Gasteiger partial charge in [-0.3, -0.25) is 0 Å².